The van der Waals surface area contributed by atoms with Crippen molar-refractivity contribution in [2.24, 2.45) is 4.99 Å². The van der Waals surface area contributed by atoms with E-state index in [1.165, 1.54) is 16.7 Å². The summed E-state index contributed by atoms with van der Waals surface area (Å²) >= 11 is 4.84. The highest BCUT2D eigenvalue weighted by Gasteiger charge is 2.30. The predicted molar refractivity (Wildman–Crippen MR) is 145 cm³/mol. The van der Waals surface area contributed by atoms with E-state index in [-0.39, 0.29) is 11.8 Å². The van der Waals surface area contributed by atoms with Crippen LogP contribution in [0.25, 0.3) is 6.08 Å². The quantitative estimate of drug-likeness (QED) is 0.436. The summed E-state index contributed by atoms with van der Waals surface area (Å²) < 4.78 is 17.5. The smallest absolute Gasteiger partial charge is 0.266 e. The Morgan fingerprint density at radius 2 is 1.92 bits per heavy atom. The van der Waals surface area contributed by atoms with Crippen LogP contribution in [0.1, 0.15) is 29.8 Å². The molecule has 4 rings (SSSR count). The fourth-order valence-corrected chi connectivity index (χ4v) is 5.35. The molecule has 0 saturated carbocycles. The van der Waals surface area contributed by atoms with E-state index in [1.807, 2.05) is 38.1 Å². The molecule has 8 nitrogen and oxygen atoms in total. The van der Waals surface area contributed by atoms with Gasteiger partial charge in [-0.15, -0.1) is 0 Å². The van der Waals surface area contributed by atoms with Crippen molar-refractivity contribution in [3.63, 3.8) is 0 Å². The first-order valence-corrected chi connectivity index (χ1v) is 13.3. The summed E-state index contributed by atoms with van der Waals surface area (Å²) in [7, 11) is 1.69. The first kappa shape index (κ1) is 26.2. The molecule has 10 heteroatoms. The van der Waals surface area contributed by atoms with Crippen molar-refractivity contribution in [3.05, 3.63) is 56.9 Å². The van der Waals surface area contributed by atoms with Crippen molar-refractivity contribution in [1.82, 2.24) is 9.80 Å². The van der Waals surface area contributed by atoms with Crippen LogP contribution in [-0.2, 0) is 9.53 Å². The highest BCUT2D eigenvalue weighted by atomic mass is 79.9. The Balaban J connectivity index is 1.57. The molecule has 0 bridgehead atoms. The summed E-state index contributed by atoms with van der Waals surface area (Å²) in [5.74, 6) is 1.05. The number of carbonyl (C=O) groups is 2. The monoisotopic (exact) mass is 573 g/mol. The van der Waals surface area contributed by atoms with Crippen LogP contribution in [0.2, 0.25) is 0 Å². The van der Waals surface area contributed by atoms with E-state index in [2.05, 4.69) is 20.9 Å². The highest BCUT2D eigenvalue weighted by molar-refractivity contribution is 9.10. The van der Waals surface area contributed by atoms with Gasteiger partial charge in [-0.05, 0) is 83.5 Å². The van der Waals surface area contributed by atoms with Gasteiger partial charge in [-0.2, -0.15) is 0 Å². The Morgan fingerprint density at radius 1 is 1.17 bits per heavy atom. The summed E-state index contributed by atoms with van der Waals surface area (Å²) in [5, 5.41) is 0.539. The second-order valence-electron chi connectivity index (χ2n) is 8.02. The van der Waals surface area contributed by atoms with Gasteiger partial charge in [-0.25, -0.2) is 4.99 Å². The van der Waals surface area contributed by atoms with Crippen LogP contribution in [0, 0.1) is 0 Å². The zero-order valence-electron chi connectivity index (χ0n) is 20.5. The summed E-state index contributed by atoms with van der Waals surface area (Å²) in [6.07, 6.45) is 1.81. The van der Waals surface area contributed by atoms with Gasteiger partial charge in [0.25, 0.3) is 11.8 Å². The first-order valence-electron chi connectivity index (χ1n) is 11.7. The fraction of sp³-hybridized carbons (Fsp3) is 0.346. The lowest BCUT2D eigenvalue weighted by Gasteiger charge is -2.26. The number of amidine groups is 1. The van der Waals surface area contributed by atoms with Gasteiger partial charge < -0.3 is 19.1 Å². The Labute approximate surface area is 223 Å². The van der Waals surface area contributed by atoms with Crippen LogP contribution in [0.4, 0.5) is 5.69 Å². The third-order valence-corrected chi connectivity index (χ3v) is 7.19. The maximum atomic E-state index is 13.0. The molecule has 0 aliphatic carbocycles. The lowest BCUT2D eigenvalue weighted by atomic mass is 10.1. The average molecular weight is 574 g/mol. The Kier molecular flexibility index (Phi) is 8.71. The topological polar surface area (TPSA) is 80.7 Å². The van der Waals surface area contributed by atoms with Gasteiger partial charge in [-0.3, -0.25) is 14.5 Å². The molecule has 0 N–H and O–H groups in total. The van der Waals surface area contributed by atoms with E-state index in [0.29, 0.717) is 72.3 Å². The number of hydrogen-bond donors (Lipinski definition) is 0. The number of ether oxygens (including phenoxy) is 3. The number of rotatable bonds is 7. The van der Waals surface area contributed by atoms with Crippen molar-refractivity contribution in [2.75, 3.05) is 46.6 Å². The fourth-order valence-electron chi connectivity index (χ4n) is 3.79. The number of amides is 2. The molecule has 2 aliphatic heterocycles. The molecule has 0 radical (unpaired) electrons. The zero-order chi connectivity index (χ0) is 25.7. The molecule has 2 aromatic carbocycles. The number of aliphatic imine (C=N–C) groups is 1. The minimum absolute atomic E-state index is 0.0457. The molecule has 190 valence electrons. The minimum Gasteiger partial charge on any atom is -0.490 e. The Hall–Kier alpha value is -2.82. The molecule has 2 aliphatic rings. The number of benzene rings is 2. The SMILES string of the molecule is CCOc1cc(/C=C2/SC(=Nc3cccc(C(=O)N4CCOCC4)c3)N(C)C2=O)cc(Br)c1OCC. The van der Waals surface area contributed by atoms with Gasteiger partial charge in [0.15, 0.2) is 16.7 Å². The lowest BCUT2D eigenvalue weighted by molar-refractivity contribution is -0.121. The van der Waals surface area contributed by atoms with Gasteiger partial charge in [0, 0.05) is 25.7 Å². The second-order valence-corrected chi connectivity index (χ2v) is 9.88. The van der Waals surface area contributed by atoms with Crippen LogP contribution >= 0.6 is 27.7 Å². The molecule has 2 aromatic rings. The first-order chi connectivity index (χ1) is 17.4. The average Bonchev–Trinajstić information content (AvgIpc) is 3.14. The summed E-state index contributed by atoms with van der Waals surface area (Å²) in [5.41, 5.74) is 1.98. The third kappa shape index (κ3) is 5.93. The third-order valence-electron chi connectivity index (χ3n) is 5.54. The highest BCUT2D eigenvalue weighted by Crippen LogP contribution is 2.39. The standard InChI is InChI=1S/C26H28BrN3O5S/c1-4-34-21-14-17(13-20(27)23(21)35-5-2)15-22-25(32)29(3)26(36-22)28-19-8-6-7-18(16-19)24(31)30-9-11-33-12-10-30/h6-8,13-16H,4-5,9-12H2,1-3H3/b22-15+,28-26?. The maximum Gasteiger partial charge on any atom is 0.266 e. The summed E-state index contributed by atoms with van der Waals surface area (Å²) in [6.45, 7) is 7.07. The van der Waals surface area contributed by atoms with E-state index < -0.39 is 0 Å². The molecule has 2 saturated heterocycles. The maximum absolute atomic E-state index is 13.0. The number of halogens is 1. The Morgan fingerprint density at radius 3 is 2.64 bits per heavy atom. The number of morpholine rings is 1. The van der Waals surface area contributed by atoms with E-state index in [1.54, 1.807) is 30.1 Å². The molecule has 2 amide bonds. The molecule has 0 atom stereocenters. The minimum atomic E-state index is -0.151. The van der Waals surface area contributed by atoms with Crippen molar-refractivity contribution >= 4 is 56.4 Å². The number of nitrogens with zero attached hydrogens (tertiary/aromatic N) is 3. The van der Waals surface area contributed by atoms with Gasteiger partial charge in [0.05, 0.1) is 41.5 Å². The van der Waals surface area contributed by atoms with Crippen LogP contribution in [0.5, 0.6) is 11.5 Å². The second kappa shape index (κ2) is 11.9. The molecular formula is C26H28BrN3O5S. The van der Waals surface area contributed by atoms with Crippen LogP contribution < -0.4 is 9.47 Å². The molecule has 0 unspecified atom stereocenters. The molecular weight excluding hydrogens is 546 g/mol. The summed E-state index contributed by atoms with van der Waals surface area (Å²) in [6, 6.07) is 10.9. The van der Waals surface area contributed by atoms with E-state index in [9.17, 15) is 9.59 Å². The van der Waals surface area contributed by atoms with E-state index in [0.717, 1.165) is 10.0 Å². The molecule has 36 heavy (non-hydrogen) atoms. The van der Waals surface area contributed by atoms with Gasteiger partial charge in [0.2, 0.25) is 0 Å². The van der Waals surface area contributed by atoms with Crippen molar-refractivity contribution in [1.29, 1.82) is 0 Å². The summed E-state index contributed by atoms with van der Waals surface area (Å²) in [4.78, 5) is 34.3. The molecule has 0 spiro atoms. The van der Waals surface area contributed by atoms with Crippen molar-refractivity contribution < 1.29 is 23.8 Å². The Bertz CT molecular complexity index is 1210. The largest absolute Gasteiger partial charge is 0.490 e. The predicted octanol–water partition coefficient (Wildman–Crippen LogP) is 4.95. The van der Waals surface area contributed by atoms with Crippen molar-refractivity contribution in [3.8, 4) is 11.5 Å². The number of thioether (sulfide) groups is 1. The van der Waals surface area contributed by atoms with Crippen LogP contribution in [-0.4, -0.2) is 73.3 Å². The number of carbonyl (C=O) groups excluding carboxylic acids is 2. The van der Waals surface area contributed by atoms with Gasteiger partial charge in [-0.1, -0.05) is 6.07 Å². The van der Waals surface area contributed by atoms with E-state index >= 15 is 0 Å². The van der Waals surface area contributed by atoms with Crippen molar-refractivity contribution in [2.45, 2.75) is 13.8 Å². The lowest BCUT2D eigenvalue weighted by Crippen LogP contribution is -2.40. The normalized spacial score (nSPS) is 18.3. The number of likely N-dealkylation sites (N-methyl/N-ethyl adjacent to an activating group) is 1. The van der Waals surface area contributed by atoms with Crippen LogP contribution in [0.15, 0.2) is 50.8 Å². The molecule has 2 fully saturated rings. The van der Waals surface area contributed by atoms with Gasteiger partial charge in [0.1, 0.15) is 0 Å². The molecule has 2 heterocycles. The van der Waals surface area contributed by atoms with Gasteiger partial charge >= 0.3 is 0 Å². The van der Waals surface area contributed by atoms with E-state index in [4.69, 9.17) is 14.2 Å². The molecule has 0 aromatic heterocycles. The zero-order valence-corrected chi connectivity index (χ0v) is 22.9. The van der Waals surface area contributed by atoms with Crippen LogP contribution in [0.3, 0.4) is 0 Å². The number of hydrogen-bond acceptors (Lipinski definition) is 7.